The number of esters is 1. The number of carbonyl (C=O) groups is 4. The number of nitrogens with zero attached hydrogens (tertiary/aromatic N) is 4. The van der Waals surface area contributed by atoms with Crippen molar-refractivity contribution in [2.45, 2.75) is 98.4 Å². The number of allylic oxidation sites excluding steroid dienone is 2. The number of phenols is 3. The van der Waals surface area contributed by atoms with Gasteiger partial charge in [-0.15, -0.1) is 0 Å². The molecule has 0 saturated carbocycles. The predicted molar refractivity (Wildman–Crippen MR) is 247 cm³/mol. The number of anilines is 1. The van der Waals surface area contributed by atoms with Crippen LogP contribution >= 0.6 is 0 Å². The topological polar surface area (TPSA) is 240 Å². The molecular formula is C48H67N5O13. The van der Waals surface area contributed by atoms with Crippen molar-refractivity contribution in [3.05, 3.63) is 52.8 Å². The molecule has 362 valence electrons. The maximum atomic E-state index is 14.4. The largest absolute Gasteiger partial charge is 0.507 e. The summed E-state index contributed by atoms with van der Waals surface area (Å²) in [7, 11) is 5.26. The Bertz CT molecular complexity index is 2290. The summed E-state index contributed by atoms with van der Waals surface area (Å²) >= 11 is 0. The van der Waals surface area contributed by atoms with Gasteiger partial charge in [0.2, 0.25) is 5.91 Å². The lowest BCUT2D eigenvalue weighted by Crippen LogP contribution is -2.46. The molecule has 2 fully saturated rings. The molecule has 0 spiro atoms. The number of ketones is 1. The third-order valence-corrected chi connectivity index (χ3v) is 13.2. The van der Waals surface area contributed by atoms with Gasteiger partial charge in [-0.2, -0.15) is 5.10 Å². The van der Waals surface area contributed by atoms with Gasteiger partial charge in [-0.05, 0) is 33.4 Å². The molecule has 5 aliphatic heterocycles. The number of amides is 2. The Hall–Kier alpha value is -5.69. The van der Waals surface area contributed by atoms with Crippen LogP contribution in [0.2, 0.25) is 0 Å². The first-order valence-corrected chi connectivity index (χ1v) is 22.3. The van der Waals surface area contributed by atoms with E-state index in [0.29, 0.717) is 19.0 Å². The van der Waals surface area contributed by atoms with Crippen molar-refractivity contribution in [2.75, 3.05) is 59.2 Å². The van der Waals surface area contributed by atoms with Gasteiger partial charge in [0.05, 0.1) is 53.0 Å². The summed E-state index contributed by atoms with van der Waals surface area (Å²) in [5.41, 5.74) is -0.350. The van der Waals surface area contributed by atoms with Crippen molar-refractivity contribution in [2.24, 2.45) is 28.8 Å². The molecule has 18 heteroatoms. The molecule has 5 heterocycles. The Morgan fingerprint density at radius 3 is 2.15 bits per heavy atom. The zero-order valence-corrected chi connectivity index (χ0v) is 39.8. The van der Waals surface area contributed by atoms with Gasteiger partial charge in [0, 0.05) is 107 Å². The van der Waals surface area contributed by atoms with E-state index in [4.69, 9.17) is 18.9 Å². The molecule has 66 heavy (non-hydrogen) atoms. The summed E-state index contributed by atoms with van der Waals surface area (Å²) in [6.45, 7) is 16.0. The fourth-order valence-corrected chi connectivity index (χ4v) is 8.71. The summed E-state index contributed by atoms with van der Waals surface area (Å²) in [6, 6.07) is 0. The molecular weight excluding hydrogens is 855 g/mol. The number of rotatable bonds is 4. The zero-order chi connectivity index (χ0) is 48.9. The fraction of sp³-hybridized carbons (Fsp3) is 0.562. The van der Waals surface area contributed by atoms with Crippen molar-refractivity contribution < 1.29 is 63.7 Å². The van der Waals surface area contributed by atoms with Gasteiger partial charge in [-0.1, -0.05) is 45.9 Å². The maximum absolute atomic E-state index is 14.4. The van der Waals surface area contributed by atoms with E-state index in [1.54, 1.807) is 49.8 Å². The van der Waals surface area contributed by atoms with Crippen LogP contribution in [0.4, 0.5) is 5.69 Å². The number of Topliss-reactive ketones (excluding diaryl/α,β-unsaturated/α-hetero) is 1. The first kappa shape index (κ1) is 51.3. The summed E-state index contributed by atoms with van der Waals surface area (Å²) in [5, 5.41) is 66.8. The Balaban J connectivity index is 0.00000106. The number of likely N-dealkylation sites (tertiary alicyclic amines) is 1. The minimum absolute atomic E-state index is 0.0559. The van der Waals surface area contributed by atoms with E-state index in [2.05, 4.69) is 15.3 Å². The predicted octanol–water partition coefficient (Wildman–Crippen LogP) is 4.57. The second kappa shape index (κ2) is 21.3. The highest BCUT2D eigenvalue weighted by molar-refractivity contribution is 6.23. The van der Waals surface area contributed by atoms with Crippen LogP contribution in [-0.2, 0) is 28.6 Å². The monoisotopic (exact) mass is 921 g/mol. The number of fused-ring (bicyclic) bond motifs is 14. The molecule has 0 unspecified atom stereocenters. The van der Waals surface area contributed by atoms with E-state index in [9.17, 15) is 44.7 Å². The van der Waals surface area contributed by atoms with E-state index in [1.807, 2.05) is 14.1 Å². The summed E-state index contributed by atoms with van der Waals surface area (Å²) in [6.07, 6.45) is 6.67. The number of hydrogen-bond acceptors (Lipinski definition) is 16. The van der Waals surface area contributed by atoms with Gasteiger partial charge < -0.3 is 59.6 Å². The Labute approximate surface area is 386 Å². The minimum atomic E-state index is -2.04. The average Bonchev–Trinajstić information content (AvgIpc) is 3.79. The second-order valence-electron chi connectivity index (χ2n) is 18.0. The van der Waals surface area contributed by atoms with E-state index in [0.717, 1.165) is 32.5 Å². The fourth-order valence-electron chi connectivity index (χ4n) is 8.71. The van der Waals surface area contributed by atoms with Crippen LogP contribution in [0.1, 0.15) is 82.8 Å². The Morgan fingerprint density at radius 2 is 1.58 bits per heavy atom. The third-order valence-electron chi connectivity index (χ3n) is 13.2. The van der Waals surface area contributed by atoms with Crippen molar-refractivity contribution in [3.8, 4) is 23.0 Å². The van der Waals surface area contributed by atoms with E-state index >= 15 is 0 Å². The van der Waals surface area contributed by atoms with Gasteiger partial charge >= 0.3 is 11.8 Å². The van der Waals surface area contributed by atoms with Crippen LogP contribution in [0.5, 0.6) is 23.0 Å². The number of aliphatic hydroxyl groups excluding tert-OH is 2. The number of aliphatic hydroxyl groups is 2. The van der Waals surface area contributed by atoms with Crippen LogP contribution in [0.3, 0.4) is 0 Å². The lowest BCUT2D eigenvalue weighted by molar-refractivity contribution is -0.160. The maximum Gasteiger partial charge on any atom is 0.312 e. The number of benzene rings is 2. The number of ether oxygens (including phenoxy) is 4. The summed E-state index contributed by atoms with van der Waals surface area (Å²) < 4.78 is 23.6. The molecule has 2 aromatic carbocycles. The minimum Gasteiger partial charge on any atom is -0.507 e. The van der Waals surface area contributed by atoms with Crippen molar-refractivity contribution >= 4 is 46.2 Å². The molecule has 0 aliphatic carbocycles. The molecule has 18 nitrogen and oxygen atoms in total. The normalized spacial score (nSPS) is 30.9. The van der Waals surface area contributed by atoms with E-state index in [-0.39, 0.29) is 44.5 Å². The summed E-state index contributed by atoms with van der Waals surface area (Å²) in [5.74, 6) is -8.05. The highest BCUT2D eigenvalue weighted by Gasteiger charge is 2.50. The zero-order valence-electron chi connectivity index (χ0n) is 39.8. The van der Waals surface area contributed by atoms with Gasteiger partial charge in [-0.3, -0.25) is 24.2 Å². The number of hydrazone groups is 1. The lowest BCUT2D eigenvalue weighted by Gasteiger charge is -2.38. The van der Waals surface area contributed by atoms with Gasteiger partial charge in [0.1, 0.15) is 23.4 Å². The van der Waals surface area contributed by atoms with Crippen LogP contribution in [0, 0.1) is 30.6 Å². The molecule has 0 radical (unpaired) electrons. The lowest BCUT2D eigenvalue weighted by atomic mass is 9.78. The molecule has 5 aliphatic rings. The average molecular weight is 922 g/mol. The number of likely N-dealkylation sites (N-methyl/N-ethyl adjacent to an activating group) is 1. The molecule has 6 N–H and O–H groups in total. The number of hydrogen-bond donors (Lipinski definition) is 6. The molecule has 2 amide bonds. The van der Waals surface area contributed by atoms with Crippen molar-refractivity contribution in [3.63, 3.8) is 0 Å². The van der Waals surface area contributed by atoms with Crippen LogP contribution in [-0.4, -0.2) is 154 Å². The number of nitrogens with one attached hydrogen (secondary N) is 1. The number of piperazine rings is 1. The number of methoxy groups -OCH3 is 1. The Kier molecular flexibility index (Phi) is 16.6. The van der Waals surface area contributed by atoms with Crippen LogP contribution < -0.4 is 10.1 Å². The number of carbonyl (C=O) groups excluding carboxylic acids is 4. The quantitative estimate of drug-likeness (QED) is 0.107. The first-order valence-electron chi connectivity index (χ1n) is 22.3. The SMILES string of the molecule is CN1CCCC1=O.CO[C@H]1/C=C/O[C@@]2(C)Oc3c(C)c(O)c4c(O)c(c(/C=N/N5CCN(C)CC5)c(O)c4c3C2=O)NC(=O)/C(C)=C\C=C\[C@H](C)[C@H](O)[C@@H](C)[C@@H](O)[C@@H](C)[C@H](OC(C)=O)[C@@H]1C. The molecule has 7 rings (SSSR count). The van der Waals surface area contributed by atoms with Gasteiger partial charge in [0.15, 0.2) is 5.75 Å². The summed E-state index contributed by atoms with van der Waals surface area (Å²) in [4.78, 5) is 54.9. The van der Waals surface area contributed by atoms with Gasteiger partial charge in [-0.25, -0.2) is 0 Å². The van der Waals surface area contributed by atoms with E-state index in [1.165, 1.54) is 59.4 Å². The van der Waals surface area contributed by atoms with Crippen LogP contribution in [0.15, 0.2) is 41.2 Å². The molecule has 0 aromatic heterocycles. The Morgan fingerprint density at radius 1 is 0.909 bits per heavy atom. The first-order chi connectivity index (χ1) is 31.0. The van der Waals surface area contributed by atoms with Crippen LogP contribution in [0.25, 0.3) is 10.8 Å². The van der Waals surface area contributed by atoms with E-state index < -0.39 is 88.8 Å². The van der Waals surface area contributed by atoms with Gasteiger partial charge in [0.25, 0.3) is 11.7 Å². The number of phenolic OH excluding ortho intramolecular Hbond substituents is 3. The molecule has 2 saturated heterocycles. The highest BCUT2D eigenvalue weighted by atomic mass is 16.7. The molecule has 9 atom stereocenters. The standard InChI is InChI=1S/C43H58N4O12.C5H9NO/c1-21-12-11-13-22(2)42(55)45-33-28(20-44-47-17-15-46(9)16-18-47)37(52)30-31(38(33)53)36(51)26(6)40-32(30)41(54)43(8,59-40)57-19-14-29(56-10)23(3)39(58-27(7)48)25(5)35(50)24(4)34(21)49;1-6-4-2-3-5(6)7/h11-14,19-21,23-25,29,34-35,39,49-53H,15-18H2,1-10H3,(H,45,55);2-4H2,1H3/b12-11+,19-14+,22-13-,44-20+;/t21-,23+,24+,25+,29-,34-,35+,39+,43-;/m0./s1. The van der Waals surface area contributed by atoms with Crippen molar-refractivity contribution in [1.82, 2.24) is 14.8 Å². The smallest absolute Gasteiger partial charge is 0.312 e. The second-order valence-corrected chi connectivity index (χ2v) is 18.0. The molecule has 2 aromatic rings. The third kappa shape index (κ3) is 10.8. The highest BCUT2D eigenvalue weighted by Crippen LogP contribution is 2.55. The number of aromatic hydroxyl groups is 3. The molecule has 5 bridgehead atoms. The van der Waals surface area contributed by atoms with Crippen molar-refractivity contribution in [1.29, 1.82) is 0 Å².